The molecule has 0 saturated heterocycles. The molecular weight excluding hydrogens is 256 g/mol. The second kappa shape index (κ2) is 7.65. The molecular formula is C17H17ClO. The third-order valence-electron chi connectivity index (χ3n) is 2.85. The van der Waals surface area contributed by atoms with Crippen molar-refractivity contribution >= 4 is 11.6 Å². The Bertz CT molecular complexity index is 505. The number of hydrogen-bond donors (Lipinski definition) is 0. The monoisotopic (exact) mass is 272 g/mol. The maximum absolute atomic E-state index is 5.81. The zero-order valence-electron chi connectivity index (χ0n) is 10.8. The summed E-state index contributed by atoms with van der Waals surface area (Å²) in [5.74, 6) is 1.64. The summed E-state index contributed by atoms with van der Waals surface area (Å²) in [5.41, 5.74) is 2.87. The molecule has 0 amide bonds. The van der Waals surface area contributed by atoms with Crippen LogP contribution in [0.5, 0.6) is 5.75 Å². The summed E-state index contributed by atoms with van der Waals surface area (Å²) in [6.07, 6.45) is 2.90. The van der Waals surface area contributed by atoms with Gasteiger partial charge in [0.15, 0.2) is 0 Å². The predicted molar refractivity (Wildman–Crippen MR) is 80.4 cm³/mol. The van der Waals surface area contributed by atoms with Gasteiger partial charge in [0.25, 0.3) is 0 Å². The first-order chi connectivity index (χ1) is 9.38. The van der Waals surface area contributed by atoms with Crippen LogP contribution in [0.2, 0.25) is 0 Å². The van der Waals surface area contributed by atoms with Crippen molar-refractivity contribution in [3.63, 3.8) is 0 Å². The molecule has 0 bridgehead atoms. The Morgan fingerprint density at radius 2 is 1.58 bits per heavy atom. The number of para-hydroxylation sites is 1. The molecule has 19 heavy (non-hydrogen) atoms. The van der Waals surface area contributed by atoms with E-state index in [9.17, 15) is 0 Å². The van der Waals surface area contributed by atoms with Crippen LogP contribution in [-0.2, 0) is 6.42 Å². The van der Waals surface area contributed by atoms with Gasteiger partial charge in [-0.2, -0.15) is 0 Å². The lowest BCUT2D eigenvalue weighted by Gasteiger charge is -2.09. The maximum Gasteiger partial charge on any atom is 0.126 e. The van der Waals surface area contributed by atoms with Crippen LogP contribution < -0.4 is 4.74 Å². The summed E-state index contributed by atoms with van der Waals surface area (Å²) in [5, 5.41) is 0. The van der Waals surface area contributed by atoms with E-state index in [4.69, 9.17) is 16.3 Å². The van der Waals surface area contributed by atoms with Crippen molar-refractivity contribution in [1.82, 2.24) is 0 Å². The van der Waals surface area contributed by atoms with Gasteiger partial charge in [-0.15, -0.1) is 0 Å². The van der Waals surface area contributed by atoms with Crippen LogP contribution in [0.3, 0.4) is 0 Å². The number of rotatable bonds is 6. The summed E-state index contributed by atoms with van der Waals surface area (Å²) in [6, 6.07) is 20.2. The van der Waals surface area contributed by atoms with E-state index in [-0.39, 0.29) is 0 Å². The van der Waals surface area contributed by atoms with Crippen LogP contribution in [-0.4, -0.2) is 0 Å². The van der Waals surface area contributed by atoms with E-state index in [2.05, 4.69) is 24.3 Å². The second-order valence-corrected chi connectivity index (χ2v) is 4.55. The predicted octanol–water partition coefficient (Wildman–Crippen LogP) is 5.17. The first-order valence-electron chi connectivity index (χ1n) is 6.44. The number of hydrogen-bond acceptors (Lipinski definition) is 1. The lowest BCUT2D eigenvalue weighted by Crippen LogP contribution is -1.96. The molecule has 2 aromatic carbocycles. The summed E-state index contributed by atoms with van der Waals surface area (Å²) >= 11 is 5.81. The molecule has 0 radical (unpaired) electrons. The summed E-state index contributed by atoms with van der Waals surface area (Å²) in [7, 11) is 0. The number of ether oxygens (including phenoxy) is 1. The second-order valence-electron chi connectivity index (χ2n) is 4.33. The fourth-order valence-electron chi connectivity index (χ4n) is 1.88. The van der Waals surface area contributed by atoms with Gasteiger partial charge < -0.3 is 4.74 Å². The highest BCUT2D eigenvalue weighted by molar-refractivity contribution is 6.25. The molecule has 0 fully saturated rings. The summed E-state index contributed by atoms with van der Waals surface area (Å²) < 4.78 is 5.73. The Morgan fingerprint density at radius 3 is 2.21 bits per heavy atom. The van der Waals surface area contributed by atoms with Crippen LogP contribution in [0.4, 0.5) is 0 Å². The van der Waals surface area contributed by atoms with Crippen molar-refractivity contribution in [2.45, 2.75) is 19.3 Å². The lowest BCUT2D eigenvalue weighted by atomic mass is 10.1. The van der Waals surface area contributed by atoms with Gasteiger partial charge in [0, 0.05) is 12.0 Å². The third-order valence-corrected chi connectivity index (χ3v) is 3.09. The number of allylic oxidation sites excluding steroid dienone is 1. The summed E-state index contributed by atoms with van der Waals surface area (Å²) in [4.78, 5) is 0. The highest BCUT2D eigenvalue weighted by Crippen LogP contribution is 2.17. The van der Waals surface area contributed by atoms with Gasteiger partial charge in [-0.3, -0.25) is 0 Å². The maximum atomic E-state index is 5.81. The van der Waals surface area contributed by atoms with E-state index < -0.39 is 0 Å². The van der Waals surface area contributed by atoms with Gasteiger partial charge in [-0.25, -0.2) is 0 Å². The molecule has 2 aromatic rings. The fraction of sp³-hybridized carbons (Fsp3) is 0.176. The minimum Gasteiger partial charge on any atom is -0.461 e. The molecule has 0 atom stereocenters. The number of halogens is 1. The average molecular weight is 273 g/mol. The van der Waals surface area contributed by atoms with E-state index in [0.717, 1.165) is 30.8 Å². The van der Waals surface area contributed by atoms with E-state index in [1.165, 1.54) is 11.1 Å². The van der Waals surface area contributed by atoms with Crippen LogP contribution in [0.15, 0.2) is 72.0 Å². The van der Waals surface area contributed by atoms with Crippen molar-refractivity contribution in [1.29, 1.82) is 0 Å². The summed E-state index contributed by atoms with van der Waals surface area (Å²) in [6.45, 7) is 0. The standard InChI is InChI=1S/C17H17ClO/c18-14-17(19-16-11-5-2-6-12-16)13-7-10-15-8-3-1-4-9-15/h1-6,8-9,11-12,14H,7,10,13H2/b17-14-. The van der Waals surface area contributed by atoms with Crippen molar-refractivity contribution in [2.24, 2.45) is 0 Å². The molecule has 0 N–H and O–H groups in total. The zero-order valence-corrected chi connectivity index (χ0v) is 11.5. The molecule has 2 rings (SSSR count). The van der Waals surface area contributed by atoms with Gasteiger partial charge in [0.05, 0.1) is 0 Å². The van der Waals surface area contributed by atoms with Crippen LogP contribution in [0.25, 0.3) is 0 Å². The van der Waals surface area contributed by atoms with Crippen LogP contribution >= 0.6 is 11.6 Å². The molecule has 2 heteroatoms. The van der Waals surface area contributed by atoms with Crippen LogP contribution in [0.1, 0.15) is 18.4 Å². The average Bonchev–Trinajstić information content (AvgIpc) is 2.48. The Morgan fingerprint density at radius 1 is 0.947 bits per heavy atom. The Hall–Kier alpha value is -1.73. The molecule has 0 aliphatic carbocycles. The first kappa shape index (κ1) is 13.7. The third kappa shape index (κ3) is 4.80. The minimum atomic E-state index is 0.809. The zero-order chi connectivity index (χ0) is 13.3. The van der Waals surface area contributed by atoms with Crippen molar-refractivity contribution in [3.05, 3.63) is 77.5 Å². The molecule has 0 saturated carbocycles. The van der Waals surface area contributed by atoms with Gasteiger partial charge in [0.2, 0.25) is 0 Å². The molecule has 0 aromatic heterocycles. The molecule has 1 nitrogen and oxygen atoms in total. The van der Waals surface area contributed by atoms with E-state index in [1.807, 2.05) is 36.4 Å². The lowest BCUT2D eigenvalue weighted by molar-refractivity contribution is 0.400. The molecule has 98 valence electrons. The molecule has 0 unspecified atom stereocenters. The van der Waals surface area contributed by atoms with Crippen molar-refractivity contribution in [3.8, 4) is 5.75 Å². The van der Waals surface area contributed by atoms with E-state index in [0.29, 0.717) is 0 Å². The van der Waals surface area contributed by atoms with E-state index >= 15 is 0 Å². The highest BCUT2D eigenvalue weighted by Gasteiger charge is 2.01. The van der Waals surface area contributed by atoms with Crippen molar-refractivity contribution < 1.29 is 4.74 Å². The van der Waals surface area contributed by atoms with Gasteiger partial charge in [0.1, 0.15) is 11.5 Å². The first-order valence-corrected chi connectivity index (χ1v) is 6.88. The van der Waals surface area contributed by atoms with Crippen molar-refractivity contribution in [2.75, 3.05) is 0 Å². The highest BCUT2D eigenvalue weighted by atomic mass is 35.5. The van der Waals surface area contributed by atoms with Gasteiger partial charge in [-0.05, 0) is 30.5 Å². The normalized spacial score (nSPS) is 11.3. The van der Waals surface area contributed by atoms with E-state index in [1.54, 1.807) is 0 Å². The largest absolute Gasteiger partial charge is 0.461 e. The Balaban J connectivity index is 1.81. The molecule has 0 spiro atoms. The Kier molecular flexibility index (Phi) is 5.51. The van der Waals surface area contributed by atoms with Gasteiger partial charge in [-0.1, -0.05) is 60.1 Å². The number of benzene rings is 2. The van der Waals surface area contributed by atoms with Gasteiger partial charge >= 0.3 is 0 Å². The topological polar surface area (TPSA) is 9.23 Å². The molecule has 0 aliphatic rings. The Labute approximate surface area is 119 Å². The number of aryl methyl sites for hydroxylation is 1. The fourth-order valence-corrected chi connectivity index (χ4v) is 2.03. The minimum absolute atomic E-state index is 0.809. The smallest absolute Gasteiger partial charge is 0.126 e. The molecule has 0 aliphatic heterocycles. The quantitative estimate of drug-likeness (QED) is 0.659. The SMILES string of the molecule is Cl/C=C(/CCCc1ccccc1)Oc1ccccc1. The molecule has 0 heterocycles. The van der Waals surface area contributed by atoms with Crippen LogP contribution in [0, 0.1) is 0 Å².